The lowest BCUT2D eigenvalue weighted by molar-refractivity contribution is 0.0931. The summed E-state index contributed by atoms with van der Waals surface area (Å²) in [5.41, 5.74) is 4.13. The molecule has 6 heteroatoms. The van der Waals surface area contributed by atoms with Crippen molar-refractivity contribution in [2.24, 2.45) is 0 Å². The molecular formula is C22H22BrN3O2. The Labute approximate surface area is 172 Å². The first-order valence-corrected chi connectivity index (χ1v) is 10.2. The molecule has 1 aliphatic rings. The van der Waals surface area contributed by atoms with Crippen LogP contribution in [0.1, 0.15) is 46.1 Å². The normalized spacial score (nSPS) is 15.7. The first-order chi connectivity index (χ1) is 13.7. The highest BCUT2D eigenvalue weighted by molar-refractivity contribution is 9.10. The predicted octanol–water partition coefficient (Wildman–Crippen LogP) is 4.51. The number of amides is 1. The average Bonchev–Trinajstić information content (AvgIpc) is 3.13. The number of ether oxygens (including phenoxy) is 1. The topological polar surface area (TPSA) is 56.1 Å². The summed E-state index contributed by atoms with van der Waals surface area (Å²) in [6, 6.07) is 15.7. The average molecular weight is 440 g/mol. The molecule has 1 aliphatic carbocycles. The molecule has 0 radical (unpaired) electrons. The number of fused-ring (bicyclic) bond motifs is 1. The molecule has 0 saturated heterocycles. The van der Waals surface area contributed by atoms with Gasteiger partial charge in [-0.15, -0.1) is 0 Å². The number of carbonyl (C=O) groups excluding carboxylic acids is 1. The fourth-order valence-corrected chi connectivity index (χ4v) is 4.13. The number of benzene rings is 2. The van der Waals surface area contributed by atoms with Gasteiger partial charge >= 0.3 is 0 Å². The Hall–Kier alpha value is -2.60. The summed E-state index contributed by atoms with van der Waals surface area (Å²) in [7, 11) is 1.60. The van der Waals surface area contributed by atoms with E-state index in [1.54, 1.807) is 13.2 Å². The molecule has 1 amide bonds. The summed E-state index contributed by atoms with van der Waals surface area (Å²) in [6.07, 6.45) is 4.83. The van der Waals surface area contributed by atoms with Crippen molar-refractivity contribution in [2.75, 3.05) is 7.11 Å². The van der Waals surface area contributed by atoms with Gasteiger partial charge in [-0.2, -0.15) is 5.10 Å². The van der Waals surface area contributed by atoms with Gasteiger partial charge < -0.3 is 10.1 Å². The molecule has 3 aromatic rings. The number of nitrogens with zero attached hydrogens (tertiary/aromatic N) is 2. The van der Waals surface area contributed by atoms with Gasteiger partial charge in [0, 0.05) is 15.7 Å². The van der Waals surface area contributed by atoms with E-state index in [0.29, 0.717) is 11.3 Å². The molecule has 0 bridgehead atoms. The second kappa shape index (κ2) is 8.19. The molecule has 2 aromatic carbocycles. The van der Waals surface area contributed by atoms with Crippen LogP contribution < -0.4 is 10.1 Å². The monoisotopic (exact) mass is 439 g/mol. The van der Waals surface area contributed by atoms with Crippen LogP contribution in [0.25, 0.3) is 0 Å². The van der Waals surface area contributed by atoms with Gasteiger partial charge in [0.15, 0.2) is 0 Å². The van der Waals surface area contributed by atoms with E-state index in [1.807, 2.05) is 36.5 Å². The van der Waals surface area contributed by atoms with Crippen LogP contribution in [-0.2, 0) is 13.0 Å². The minimum atomic E-state index is -0.112. The quantitative estimate of drug-likeness (QED) is 0.635. The Morgan fingerprint density at radius 3 is 2.89 bits per heavy atom. The molecule has 144 valence electrons. The zero-order valence-electron chi connectivity index (χ0n) is 15.7. The molecule has 0 saturated carbocycles. The van der Waals surface area contributed by atoms with Crippen molar-refractivity contribution in [3.8, 4) is 5.75 Å². The van der Waals surface area contributed by atoms with E-state index in [4.69, 9.17) is 4.74 Å². The van der Waals surface area contributed by atoms with E-state index in [-0.39, 0.29) is 11.9 Å². The van der Waals surface area contributed by atoms with Crippen LogP contribution in [-0.4, -0.2) is 22.8 Å². The maximum absolute atomic E-state index is 12.9. The first kappa shape index (κ1) is 18.7. The molecule has 4 rings (SSSR count). The minimum absolute atomic E-state index is 0.0288. The standard InChI is InChI=1S/C22H22BrN3O2/c1-28-16-10-11-19(23)17(12-16)22(27)25-20-8-5-9-21-18(20)13-24-26(21)14-15-6-3-2-4-7-15/h2-4,6-7,10-13,20H,5,8-9,14H2,1H3,(H,25,27). The van der Waals surface area contributed by atoms with E-state index < -0.39 is 0 Å². The van der Waals surface area contributed by atoms with Crippen LogP contribution in [0.4, 0.5) is 0 Å². The molecule has 1 N–H and O–H groups in total. The van der Waals surface area contributed by atoms with E-state index in [1.165, 1.54) is 11.3 Å². The lowest BCUT2D eigenvalue weighted by Crippen LogP contribution is -2.31. The highest BCUT2D eigenvalue weighted by Gasteiger charge is 2.26. The van der Waals surface area contributed by atoms with Crippen LogP contribution in [0.15, 0.2) is 59.2 Å². The van der Waals surface area contributed by atoms with Crippen molar-refractivity contribution >= 4 is 21.8 Å². The number of hydrogen-bond donors (Lipinski definition) is 1. The van der Waals surface area contributed by atoms with Gasteiger partial charge in [0.05, 0.1) is 31.5 Å². The third kappa shape index (κ3) is 3.83. The van der Waals surface area contributed by atoms with Crippen molar-refractivity contribution in [2.45, 2.75) is 31.8 Å². The Bertz CT molecular complexity index is 985. The summed E-state index contributed by atoms with van der Waals surface area (Å²) in [5, 5.41) is 7.79. The Morgan fingerprint density at radius 1 is 1.29 bits per heavy atom. The molecule has 0 fully saturated rings. The Balaban J connectivity index is 1.55. The molecule has 0 aliphatic heterocycles. The zero-order valence-corrected chi connectivity index (χ0v) is 17.3. The van der Waals surface area contributed by atoms with Crippen LogP contribution in [0.3, 0.4) is 0 Å². The number of aromatic nitrogens is 2. The molecule has 0 spiro atoms. The highest BCUT2D eigenvalue weighted by atomic mass is 79.9. The van der Waals surface area contributed by atoms with E-state index in [9.17, 15) is 4.79 Å². The van der Waals surface area contributed by atoms with Gasteiger partial charge in [-0.05, 0) is 59.0 Å². The van der Waals surface area contributed by atoms with Crippen LogP contribution in [0.5, 0.6) is 5.75 Å². The molecule has 1 atom stereocenters. The summed E-state index contributed by atoms with van der Waals surface area (Å²) in [5.74, 6) is 0.549. The van der Waals surface area contributed by atoms with Crippen molar-refractivity contribution in [1.82, 2.24) is 15.1 Å². The number of nitrogens with one attached hydrogen (secondary N) is 1. The Morgan fingerprint density at radius 2 is 2.11 bits per heavy atom. The van der Waals surface area contributed by atoms with Gasteiger partial charge in [0.25, 0.3) is 5.91 Å². The number of carbonyl (C=O) groups is 1. The van der Waals surface area contributed by atoms with Crippen molar-refractivity contribution in [3.05, 3.63) is 81.6 Å². The molecule has 5 nitrogen and oxygen atoms in total. The van der Waals surface area contributed by atoms with Crippen LogP contribution in [0.2, 0.25) is 0 Å². The summed E-state index contributed by atoms with van der Waals surface area (Å²) >= 11 is 3.47. The molecule has 1 unspecified atom stereocenters. The fourth-order valence-electron chi connectivity index (χ4n) is 3.70. The second-order valence-corrected chi connectivity index (χ2v) is 7.81. The SMILES string of the molecule is COc1ccc(Br)c(C(=O)NC2CCCc3c2cnn3Cc2ccccc2)c1. The van der Waals surface area contributed by atoms with Gasteiger partial charge in [0.1, 0.15) is 5.75 Å². The molecule has 28 heavy (non-hydrogen) atoms. The Kier molecular flexibility index (Phi) is 5.48. The lowest BCUT2D eigenvalue weighted by Gasteiger charge is -2.24. The van der Waals surface area contributed by atoms with Crippen LogP contribution >= 0.6 is 15.9 Å². The maximum Gasteiger partial charge on any atom is 0.253 e. The zero-order chi connectivity index (χ0) is 19.5. The fraction of sp³-hybridized carbons (Fsp3) is 0.273. The number of halogens is 1. The predicted molar refractivity (Wildman–Crippen MR) is 112 cm³/mol. The van der Waals surface area contributed by atoms with Crippen molar-refractivity contribution in [3.63, 3.8) is 0 Å². The summed E-state index contributed by atoms with van der Waals surface area (Å²) in [4.78, 5) is 12.9. The van der Waals surface area contributed by atoms with E-state index in [0.717, 1.165) is 35.8 Å². The molecule has 1 aromatic heterocycles. The van der Waals surface area contributed by atoms with E-state index in [2.05, 4.69) is 43.2 Å². The molecular weight excluding hydrogens is 418 g/mol. The van der Waals surface area contributed by atoms with Crippen LogP contribution in [0, 0.1) is 0 Å². The summed E-state index contributed by atoms with van der Waals surface area (Å²) in [6.45, 7) is 0.748. The third-order valence-electron chi connectivity index (χ3n) is 5.16. The largest absolute Gasteiger partial charge is 0.497 e. The number of rotatable bonds is 5. The van der Waals surface area contributed by atoms with Gasteiger partial charge in [-0.25, -0.2) is 0 Å². The number of hydrogen-bond acceptors (Lipinski definition) is 3. The van der Waals surface area contributed by atoms with Crippen molar-refractivity contribution < 1.29 is 9.53 Å². The molecule has 1 heterocycles. The number of methoxy groups -OCH3 is 1. The smallest absolute Gasteiger partial charge is 0.253 e. The second-order valence-electron chi connectivity index (χ2n) is 6.95. The lowest BCUT2D eigenvalue weighted by atomic mass is 9.92. The van der Waals surface area contributed by atoms with Gasteiger partial charge in [0.2, 0.25) is 0 Å². The first-order valence-electron chi connectivity index (χ1n) is 9.38. The van der Waals surface area contributed by atoms with Gasteiger partial charge in [-0.1, -0.05) is 30.3 Å². The minimum Gasteiger partial charge on any atom is -0.497 e. The maximum atomic E-state index is 12.9. The summed E-state index contributed by atoms with van der Waals surface area (Å²) < 4.78 is 8.06. The van der Waals surface area contributed by atoms with Gasteiger partial charge in [-0.3, -0.25) is 9.48 Å². The van der Waals surface area contributed by atoms with Crippen molar-refractivity contribution in [1.29, 1.82) is 0 Å². The third-order valence-corrected chi connectivity index (χ3v) is 5.85. The van der Waals surface area contributed by atoms with E-state index >= 15 is 0 Å². The highest BCUT2D eigenvalue weighted by Crippen LogP contribution is 2.31.